The highest BCUT2D eigenvalue weighted by Crippen LogP contribution is 2.32. The summed E-state index contributed by atoms with van der Waals surface area (Å²) in [6, 6.07) is 14.9. The third-order valence-electron chi connectivity index (χ3n) is 5.59. The summed E-state index contributed by atoms with van der Waals surface area (Å²) in [4.78, 5) is 14.5. The van der Waals surface area contributed by atoms with E-state index in [9.17, 15) is 4.79 Å². The number of urea groups is 1. The number of benzene rings is 2. The van der Waals surface area contributed by atoms with E-state index in [1.165, 1.54) is 0 Å². The second kappa shape index (κ2) is 9.31. The topological polar surface area (TPSA) is 79.5 Å². The van der Waals surface area contributed by atoms with Gasteiger partial charge in [0.2, 0.25) is 0 Å². The fourth-order valence-corrected chi connectivity index (χ4v) is 4.01. The van der Waals surface area contributed by atoms with Crippen molar-refractivity contribution in [1.82, 2.24) is 15.1 Å². The van der Waals surface area contributed by atoms with Gasteiger partial charge in [-0.05, 0) is 49.2 Å². The van der Waals surface area contributed by atoms with Crippen LogP contribution in [0, 0.1) is 0 Å². The number of aromatic amines is 1. The molecule has 1 saturated heterocycles. The quantitative estimate of drug-likeness (QED) is 0.574. The van der Waals surface area contributed by atoms with Gasteiger partial charge in [-0.25, -0.2) is 4.79 Å². The summed E-state index contributed by atoms with van der Waals surface area (Å²) < 4.78 is 10.6. The minimum absolute atomic E-state index is 0.152. The lowest BCUT2D eigenvalue weighted by Crippen LogP contribution is -2.40. The molecule has 4 rings (SSSR count). The number of H-pyrrole nitrogens is 1. The molecule has 1 fully saturated rings. The summed E-state index contributed by atoms with van der Waals surface area (Å²) in [6.07, 6.45) is 1.72. The van der Waals surface area contributed by atoms with Crippen molar-refractivity contribution in [2.45, 2.75) is 18.8 Å². The Hall–Kier alpha value is -3.19. The monoisotopic (exact) mass is 440 g/mol. The molecule has 3 aromatic rings. The molecular weight excluding hydrogens is 416 g/mol. The molecule has 7 nitrogen and oxygen atoms in total. The van der Waals surface area contributed by atoms with E-state index in [0.29, 0.717) is 35.5 Å². The lowest BCUT2D eigenvalue weighted by atomic mass is 9.93. The Morgan fingerprint density at radius 2 is 1.94 bits per heavy atom. The smallest absolute Gasteiger partial charge is 0.321 e. The van der Waals surface area contributed by atoms with Gasteiger partial charge in [-0.1, -0.05) is 23.7 Å². The fraction of sp³-hybridized carbons (Fsp3) is 0.304. The van der Waals surface area contributed by atoms with Gasteiger partial charge in [0, 0.05) is 35.3 Å². The van der Waals surface area contributed by atoms with Crippen LogP contribution in [0.4, 0.5) is 10.5 Å². The minimum atomic E-state index is -0.152. The maximum Gasteiger partial charge on any atom is 0.321 e. The number of hydrogen-bond acceptors (Lipinski definition) is 4. The number of methoxy groups -OCH3 is 2. The predicted molar refractivity (Wildman–Crippen MR) is 121 cm³/mol. The lowest BCUT2D eigenvalue weighted by Gasteiger charge is -2.31. The molecule has 1 aliphatic rings. The van der Waals surface area contributed by atoms with Crippen molar-refractivity contribution in [2.24, 2.45) is 0 Å². The van der Waals surface area contributed by atoms with Crippen LogP contribution in [0.25, 0.3) is 11.3 Å². The molecule has 8 heteroatoms. The third kappa shape index (κ3) is 4.77. The number of piperidine rings is 1. The normalized spacial score (nSPS) is 14.4. The SMILES string of the molecule is COc1cccc(-c2cc(C3CCN(C(=O)Nc4cc(Cl)ccc4OC)CC3)[nH]n2)c1. The highest BCUT2D eigenvalue weighted by Gasteiger charge is 2.26. The number of nitrogens with one attached hydrogen (secondary N) is 2. The minimum Gasteiger partial charge on any atom is -0.497 e. The van der Waals surface area contributed by atoms with Crippen molar-refractivity contribution in [2.75, 3.05) is 32.6 Å². The van der Waals surface area contributed by atoms with Crippen molar-refractivity contribution in [3.8, 4) is 22.8 Å². The zero-order valence-corrected chi connectivity index (χ0v) is 18.3. The number of carbonyl (C=O) groups is 1. The van der Waals surface area contributed by atoms with Gasteiger partial charge >= 0.3 is 6.03 Å². The highest BCUT2D eigenvalue weighted by atomic mass is 35.5. The average molecular weight is 441 g/mol. The first kappa shape index (κ1) is 21.1. The molecule has 0 aliphatic carbocycles. The van der Waals surface area contributed by atoms with Gasteiger partial charge < -0.3 is 19.7 Å². The third-order valence-corrected chi connectivity index (χ3v) is 5.82. The summed E-state index contributed by atoms with van der Waals surface area (Å²) in [5.41, 5.74) is 3.56. The van der Waals surface area contributed by atoms with Crippen molar-refractivity contribution in [3.63, 3.8) is 0 Å². The number of nitrogens with zero attached hydrogens (tertiary/aromatic N) is 2. The maximum absolute atomic E-state index is 12.7. The molecule has 0 bridgehead atoms. The van der Waals surface area contributed by atoms with Crippen molar-refractivity contribution >= 4 is 23.3 Å². The van der Waals surface area contributed by atoms with Crippen molar-refractivity contribution < 1.29 is 14.3 Å². The van der Waals surface area contributed by atoms with Gasteiger partial charge in [0.1, 0.15) is 11.5 Å². The number of aromatic nitrogens is 2. The van der Waals surface area contributed by atoms with Crippen LogP contribution in [0.15, 0.2) is 48.5 Å². The van der Waals surface area contributed by atoms with E-state index in [1.807, 2.05) is 29.2 Å². The number of halogens is 1. The largest absolute Gasteiger partial charge is 0.497 e. The van der Waals surface area contributed by atoms with Crippen LogP contribution in [0.5, 0.6) is 11.5 Å². The van der Waals surface area contributed by atoms with E-state index in [1.54, 1.807) is 32.4 Å². The Balaban J connectivity index is 1.37. The van der Waals surface area contributed by atoms with Gasteiger partial charge in [-0.3, -0.25) is 5.10 Å². The van der Waals surface area contributed by atoms with E-state index in [-0.39, 0.29) is 6.03 Å². The summed E-state index contributed by atoms with van der Waals surface area (Å²) in [5.74, 6) is 1.71. The molecule has 2 amide bonds. The summed E-state index contributed by atoms with van der Waals surface area (Å²) in [5, 5.41) is 11.1. The molecule has 0 atom stereocenters. The Labute approximate surface area is 186 Å². The van der Waals surface area contributed by atoms with E-state index >= 15 is 0 Å². The molecule has 2 aromatic carbocycles. The van der Waals surface area contributed by atoms with Crippen LogP contribution in [-0.2, 0) is 0 Å². The molecule has 2 N–H and O–H groups in total. The maximum atomic E-state index is 12.7. The first-order valence-corrected chi connectivity index (χ1v) is 10.5. The highest BCUT2D eigenvalue weighted by molar-refractivity contribution is 6.31. The van der Waals surface area contributed by atoms with E-state index in [4.69, 9.17) is 21.1 Å². The fourth-order valence-electron chi connectivity index (χ4n) is 3.84. The van der Waals surface area contributed by atoms with Crippen LogP contribution < -0.4 is 14.8 Å². The molecule has 0 spiro atoms. The molecule has 2 heterocycles. The van der Waals surface area contributed by atoms with Gasteiger partial charge in [-0.2, -0.15) is 5.10 Å². The first-order chi connectivity index (χ1) is 15.1. The molecule has 0 radical (unpaired) electrons. The summed E-state index contributed by atoms with van der Waals surface area (Å²) in [7, 11) is 3.22. The van der Waals surface area contributed by atoms with E-state index in [0.717, 1.165) is 35.5 Å². The van der Waals surface area contributed by atoms with E-state index < -0.39 is 0 Å². The Bertz CT molecular complexity index is 1060. The number of anilines is 1. The molecule has 1 aromatic heterocycles. The zero-order valence-electron chi connectivity index (χ0n) is 17.5. The predicted octanol–water partition coefficient (Wildman–Crippen LogP) is 5.16. The Morgan fingerprint density at radius 1 is 1.13 bits per heavy atom. The second-order valence-corrected chi connectivity index (χ2v) is 7.91. The molecule has 0 saturated carbocycles. The number of rotatable bonds is 5. The second-order valence-electron chi connectivity index (χ2n) is 7.48. The lowest BCUT2D eigenvalue weighted by molar-refractivity contribution is 0.194. The van der Waals surface area contributed by atoms with Crippen molar-refractivity contribution in [1.29, 1.82) is 0 Å². The summed E-state index contributed by atoms with van der Waals surface area (Å²) in [6.45, 7) is 1.32. The molecule has 162 valence electrons. The number of ether oxygens (including phenoxy) is 2. The van der Waals surface area contributed by atoms with Crippen LogP contribution >= 0.6 is 11.6 Å². The molecule has 0 unspecified atom stereocenters. The van der Waals surface area contributed by atoms with Crippen LogP contribution in [0.2, 0.25) is 5.02 Å². The molecule has 1 aliphatic heterocycles. The van der Waals surface area contributed by atoms with Crippen LogP contribution in [-0.4, -0.2) is 48.4 Å². The number of amides is 2. The van der Waals surface area contributed by atoms with Crippen molar-refractivity contribution in [3.05, 3.63) is 59.2 Å². The summed E-state index contributed by atoms with van der Waals surface area (Å²) >= 11 is 6.06. The van der Waals surface area contributed by atoms with Crippen LogP contribution in [0.3, 0.4) is 0 Å². The number of hydrogen-bond donors (Lipinski definition) is 2. The van der Waals surface area contributed by atoms with Gasteiger partial charge in [0.15, 0.2) is 0 Å². The Kier molecular flexibility index (Phi) is 6.32. The van der Waals surface area contributed by atoms with Gasteiger partial charge in [0.05, 0.1) is 25.6 Å². The molecular formula is C23H25ClN4O3. The standard InChI is InChI=1S/C23H25ClN4O3/c1-30-18-5-3-4-16(12-18)20-14-19(26-27-20)15-8-10-28(11-9-15)23(29)25-21-13-17(24)6-7-22(21)31-2/h3-7,12-15H,8-11H2,1-2H3,(H,25,29)(H,26,27). The van der Waals surface area contributed by atoms with Gasteiger partial charge in [-0.15, -0.1) is 0 Å². The number of carbonyl (C=O) groups excluding carboxylic acids is 1. The number of likely N-dealkylation sites (tertiary alicyclic amines) is 1. The Morgan fingerprint density at radius 3 is 2.68 bits per heavy atom. The average Bonchev–Trinajstić information content (AvgIpc) is 3.30. The van der Waals surface area contributed by atoms with Gasteiger partial charge in [0.25, 0.3) is 0 Å². The zero-order chi connectivity index (χ0) is 21.8. The first-order valence-electron chi connectivity index (χ1n) is 10.2. The van der Waals surface area contributed by atoms with Crippen LogP contribution in [0.1, 0.15) is 24.5 Å². The van der Waals surface area contributed by atoms with E-state index in [2.05, 4.69) is 21.6 Å². The molecule has 31 heavy (non-hydrogen) atoms.